The van der Waals surface area contributed by atoms with Crippen molar-refractivity contribution in [1.82, 2.24) is 4.31 Å². The molecule has 1 aliphatic rings. The Morgan fingerprint density at radius 2 is 1.66 bits per heavy atom. The van der Waals surface area contributed by atoms with Crippen LogP contribution in [0.25, 0.3) is 0 Å². The number of ether oxygens (including phenoxy) is 3. The van der Waals surface area contributed by atoms with Gasteiger partial charge in [-0.25, -0.2) is 8.42 Å². The molecular formula is C19H22N2O7S. The van der Waals surface area contributed by atoms with Gasteiger partial charge in [0.25, 0.3) is 5.69 Å². The molecule has 1 fully saturated rings. The Bertz CT molecular complexity index is 1020. The van der Waals surface area contributed by atoms with Gasteiger partial charge in [-0.05, 0) is 36.6 Å². The quantitative estimate of drug-likeness (QED) is 0.498. The fourth-order valence-corrected chi connectivity index (χ4v) is 5.39. The van der Waals surface area contributed by atoms with Crippen LogP contribution in [0.2, 0.25) is 0 Å². The minimum Gasteiger partial charge on any atom is -0.495 e. The van der Waals surface area contributed by atoms with Gasteiger partial charge in [-0.1, -0.05) is 6.07 Å². The van der Waals surface area contributed by atoms with Gasteiger partial charge in [-0.15, -0.1) is 0 Å². The van der Waals surface area contributed by atoms with Gasteiger partial charge in [0.2, 0.25) is 10.0 Å². The molecule has 3 rings (SSSR count). The zero-order chi connectivity index (χ0) is 21.2. The molecule has 2 aromatic rings. The van der Waals surface area contributed by atoms with Crippen molar-refractivity contribution in [3.05, 3.63) is 52.1 Å². The van der Waals surface area contributed by atoms with E-state index in [2.05, 4.69) is 0 Å². The molecule has 0 N–H and O–H groups in total. The van der Waals surface area contributed by atoms with E-state index in [4.69, 9.17) is 14.2 Å². The normalized spacial score (nSPS) is 17.1. The molecular weight excluding hydrogens is 400 g/mol. The second kappa shape index (κ2) is 8.26. The molecule has 1 aliphatic heterocycles. The summed E-state index contributed by atoms with van der Waals surface area (Å²) < 4.78 is 43.9. The average Bonchev–Trinajstić information content (AvgIpc) is 3.23. The highest BCUT2D eigenvalue weighted by Gasteiger charge is 2.38. The van der Waals surface area contributed by atoms with Gasteiger partial charge in [-0.2, -0.15) is 4.31 Å². The standard InChI is InChI=1S/C19H22N2O7S/c1-26-16-8-6-13(11-18(16)28-3)15-5-4-10-20(15)29(24,25)19-12-14(21(22)23)7-9-17(19)27-2/h6-9,11-12,15H,4-5,10H2,1-3H3. The third-order valence-corrected chi connectivity index (χ3v) is 6.87. The number of nitro benzene ring substituents is 1. The van der Waals surface area contributed by atoms with Crippen LogP contribution in [0.15, 0.2) is 41.3 Å². The van der Waals surface area contributed by atoms with Gasteiger partial charge in [-0.3, -0.25) is 10.1 Å². The van der Waals surface area contributed by atoms with Crippen LogP contribution in [0, 0.1) is 10.1 Å². The van der Waals surface area contributed by atoms with E-state index >= 15 is 0 Å². The number of hydrogen-bond acceptors (Lipinski definition) is 7. The van der Waals surface area contributed by atoms with E-state index in [-0.39, 0.29) is 16.3 Å². The molecule has 2 aromatic carbocycles. The van der Waals surface area contributed by atoms with Gasteiger partial charge in [0.1, 0.15) is 10.6 Å². The molecule has 1 saturated heterocycles. The molecule has 0 amide bonds. The molecule has 1 atom stereocenters. The first kappa shape index (κ1) is 20.9. The van der Waals surface area contributed by atoms with Crippen LogP contribution in [-0.4, -0.2) is 45.5 Å². The number of hydrogen-bond donors (Lipinski definition) is 0. The SMILES string of the molecule is COc1ccc(C2CCCN2S(=O)(=O)c2cc([N+](=O)[O-])ccc2OC)cc1OC. The monoisotopic (exact) mass is 422 g/mol. The summed E-state index contributed by atoms with van der Waals surface area (Å²) in [5.74, 6) is 1.11. The summed E-state index contributed by atoms with van der Waals surface area (Å²) in [4.78, 5) is 10.3. The molecule has 0 aromatic heterocycles. The first-order valence-electron chi connectivity index (χ1n) is 8.89. The molecule has 0 spiro atoms. The molecule has 0 aliphatic carbocycles. The van der Waals surface area contributed by atoms with E-state index in [1.54, 1.807) is 18.2 Å². The van der Waals surface area contributed by atoms with Crippen molar-refractivity contribution in [3.8, 4) is 17.2 Å². The maximum absolute atomic E-state index is 13.4. The van der Waals surface area contributed by atoms with Gasteiger partial charge in [0.05, 0.1) is 32.3 Å². The lowest BCUT2D eigenvalue weighted by molar-refractivity contribution is -0.385. The Hall–Kier alpha value is -2.85. The summed E-state index contributed by atoms with van der Waals surface area (Å²) in [7, 11) is 0.330. The Morgan fingerprint density at radius 1 is 1.00 bits per heavy atom. The number of rotatable bonds is 7. The summed E-state index contributed by atoms with van der Waals surface area (Å²) in [5, 5.41) is 11.1. The third-order valence-electron chi connectivity index (χ3n) is 4.94. The minimum absolute atomic E-state index is 0.0635. The molecule has 1 heterocycles. The fourth-order valence-electron chi connectivity index (χ4n) is 3.53. The zero-order valence-corrected chi connectivity index (χ0v) is 17.1. The van der Waals surface area contributed by atoms with Gasteiger partial charge >= 0.3 is 0 Å². The van der Waals surface area contributed by atoms with Crippen molar-refractivity contribution in [1.29, 1.82) is 0 Å². The first-order valence-corrected chi connectivity index (χ1v) is 10.3. The number of nitrogens with zero attached hydrogens (tertiary/aromatic N) is 2. The molecule has 9 nitrogen and oxygen atoms in total. The van der Waals surface area contributed by atoms with Crippen molar-refractivity contribution in [3.63, 3.8) is 0 Å². The maximum atomic E-state index is 13.4. The van der Waals surface area contributed by atoms with E-state index in [9.17, 15) is 18.5 Å². The number of benzene rings is 2. The van der Waals surface area contributed by atoms with Crippen LogP contribution in [-0.2, 0) is 10.0 Å². The van der Waals surface area contributed by atoms with Crippen LogP contribution in [0.4, 0.5) is 5.69 Å². The highest BCUT2D eigenvalue weighted by molar-refractivity contribution is 7.89. The highest BCUT2D eigenvalue weighted by Crippen LogP contribution is 2.41. The summed E-state index contributed by atoms with van der Waals surface area (Å²) in [6, 6.07) is 8.40. The van der Waals surface area contributed by atoms with Crippen molar-refractivity contribution >= 4 is 15.7 Å². The van der Waals surface area contributed by atoms with Crippen LogP contribution >= 0.6 is 0 Å². The van der Waals surface area contributed by atoms with Crippen molar-refractivity contribution in [2.24, 2.45) is 0 Å². The lowest BCUT2D eigenvalue weighted by atomic mass is 10.0. The van der Waals surface area contributed by atoms with Gasteiger partial charge < -0.3 is 14.2 Å². The van der Waals surface area contributed by atoms with E-state index in [0.717, 1.165) is 11.6 Å². The maximum Gasteiger partial charge on any atom is 0.271 e. The Kier molecular flexibility index (Phi) is 5.94. The van der Waals surface area contributed by atoms with E-state index < -0.39 is 21.0 Å². The molecule has 0 radical (unpaired) electrons. The number of methoxy groups -OCH3 is 3. The molecule has 29 heavy (non-hydrogen) atoms. The van der Waals surface area contributed by atoms with Crippen molar-refractivity contribution in [2.75, 3.05) is 27.9 Å². The van der Waals surface area contributed by atoms with Gasteiger partial charge in [0.15, 0.2) is 11.5 Å². The average molecular weight is 422 g/mol. The predicted molar refractivity (Wildman–Crippen MR) is 105 cm³/mol. The molecule has 0 saturated carbocycles. The van der Waals surface area contributed by atoms with Crippen LogP contribution in [0.3, 0.4) is 0 Å². The third kappa shape index (κ3) is 3.85. The first-order chi connectivity index (χ1) is 13.8. The Labute approximate surface area is 169 Å². The summed E-state index contributed by atoms with van der Waals surface area (Å²) in [5.41, 5.74) is 0.444. The van der Waals surface area contributed by atoms with E-state index in [1.807, 2.05) is 0 Å². The summed E-state index contributed by atoms with van der Waals surface area (Å²) >= 11 is 0. The topological polar surface area (TPSA) is 108 Å². The van der Waals surface area contributed by atoms with E-state index in [0.29, 0.717) is 30.9 Å². The number of sulfonamides is 1. The van der Waals surface area contributed by atoms with Crippen LogP contribution in [0.1, 0.15) is 24.4 Å². The Morgan fingerprint density at radius 3 is 2.28 bits per heavy atom. The zero-order valence-electron chi connectivity index (χ0n) is 16.3. The second-order valence-corrected chi connectivity index (χ2v) is 8.34. The predicted octanol–water partition coefficient (Wildman–Crippen LogP) is 3.15. The number of nitro groups is 1. The fraction of sp³-hybridized carbons (Fsp3) is 0.368. The molecule has 156 valence electrons. The van der Waals surface area contributed by atoms with Gasteiger partial charge in [0, 0.05) is 18.7 Å². The highest BCUT2D eigenvalue weighted by atomic mass is 32.2. The minimum atomic E-state index is -4.04. The Balaban J connectivity index is 2.05. The lowest BCUT2D eigenvalue weighted by Crippen LogP contribution is -2.31. The van der Waals surface area contributed by atoms with Crippen LogP contribution in [0.5, 0.6) is 17.2 Å². The second-order valence-electron chi connectivity index (χ2n) is 6.48. The summed E-state index contributed by atoms with van der Waals surface area (Å²) in [6.45, 7) is 0.299. The molecule has 10 heteroatoms. The molecule has 0 bridgehead atoms. The van der Waals surface area contributed by atoms with Crippen molar-refractivity contribution < 1.29 is 27.6 Å². The lowest BCUT2D eigenvalue weighted by Gasteiger charge is -2.25. The largest absolute Gasteiger partial charge is 0.495 e. The van der Waals surface area contributed by atoms with E-state index in [1.165, 1.54) is 37.8 Å². The van der Waals surface area contributed by atoms with Crippen molar-refractivity contribution in [2.45, 2.75) is 23.8 Å². The number of non-ortho nitro benzene ring substituents is 1. The molecule has 1 unspecified atom stereocenters. The van der Waals surface area contributed by atoms with Crippen LogP contribution < -0.4 is 14.2 Å². The summed E-state index contributed by atoms with van der Waals surface area (Å²) in [6.07, 6.45) is 1.28. The smallest absolute Gasteiger partial charge is 0.271 e.